The summed E-state index contributed by atoms with van der Waals surface area (Å²) in [5, 5.41) is 7.17. The summed E-state index contributed by atoms with van der Waals surface area (Å²) in [6.07, 6.45) is 4.12. The van der Waals surface area contributed by atoms with Crippen molar-refractivity contribution in [1.29, 1.82) is 0 Å². The van der Waals surface area contributed by atoms with Gasteiger partial charge in [0.25, 0.3) is 0 Å². The van der Waals surface area contributed by atoms with Crippen molar-refractivity contribution in [1.82, 2.24) is 25.0 Å². The maximum absolute atomic E-state index is 12.4. The highest BCUT2D eigenvalue weighted by Crippen LogP contribution is 2.59. The van der Waals surface area contributed by atoms with Gasteiger partial charge in [-0.15, -0.1) is 0 Å². The minimum Gasteiger partial charge on any atom is -0.469 e. The van der Waals surface area contributed by atoms with Gasteiger partial charge in [0.1, 0.15) is 12.2 Å². The molecule has 1 saturated heterocycles. The molecule has 2 heterocycles. The smallest absolute Gasteiger partial charge is 0.317 e. The van der Waals surface area contributed by atoms with E-state index in [2.05, 4.69) is 15.4 Å². The van der Waals surface area contributed by atoms with E-state index in [4.69, 9.17) is 4.74 Å². The first kappa shape index (κ1) is 17.7. The van der Waals surface area contributed by atoms with Crippen molar-refractivity contribution in [2.75, 3.05) is 20.2 Å². The average molecular weight is 349 g/mol. The van der Waals surface area contributed by atoms with Crippen molar-refractivity contribution in [3.05, 3.63) is 12.2 Å². The highest BCUT2D eigenvalue weighted by atomic mass is 16.5. The summed E-state index contributed by atoms with van der Waals surface area (Å²) in [7, 11) is 1.44. The predicted octanol–water partition coefficient (Wildman–Crippen LogP) is 1.52. The van der Waals surface area contributed by atoms with E-state index in [9.17, 15) is 9.59 Å². The Balaban J connectivity index is 1.50. The van der Waals surface area contributed by atoms with Crippen molar-refractivity contribution >= 4 is 12.0 Å². The number of esters is 1. The zero-order valence-corrected chi connectivity index (χ0v) is 15.4. The number of rotatable bonds is 3. The van der Waals surface area contributed by atoms with Gasteiger partial charge in [-0.1, -0.05) is 0 Å². The van der Waals surface area contributed by atoms with Crippen molar-refractivity contribution in [3.8, 4) is 0 Å². The largest absolute Gasteiger partial charge is 0.469 e. The Kier molecular flexibility index (Phi) is 4.47. The lowest BCUT2D eigenvalue weighted by Gasteiger charge is -2.32. The topological polar surface area (TPSA) is 89.3 Å². The fourth-order valence-electron chi connectivity index (χ4n) is 3.74. The van der Waals surface area contributed by atoms with Crippen LogP contribution in [0.2, 0.25) is 0 Å². The first-order valence-corrected chi connectivity index (χ1v) is 8.77. The lowest BCUT2D eigenvalue weighted by Crippen LogP contribution is -2.45. The fourth-order valence-corrected chi connectivity index (χ4v) is 3.74. The summed E-state index contributed by atoms with van der Waals surface area (Å²) in [6, 6.07) is -0.0893. The highest BCUT2D eigenvalue weighted by molar-refractivity contribution is 5.77. The van der Waals surface area contributed by atoms with Gasteiger partial charge in [-0.3, -0.25) is 4.79 Å². The van der Waals surface area contributed by atoms with Crippen LogP contribution in [0.3, 0.4) is 0 Å². The van der Waals surface area contributed by atoms with E-state index in [0.29, 0.717) is 19.6 Å². The number of methoxy groups -OCH3 is 1. The van der Waals surface area contributed by atoms with Gasteiger partial charge in [-0.25, -0.2) is 14.5 Å². The lowest BCUT2D eigenvalue weighted by atomic mass is 9.91. The van der Waals surface area contributed by atoms with E-state index >= 15 is 0 Å². The SMILES string of the molecule is COC(=O)[C@H]1CC12CCN(C(=O)NCc1ncnn1C(C)(C)C)CC2. The molecule has 3 rings (SSSR count). The summed E-state index contributed by atoms with van der Waals surface area (Å²) < 4.78 is 6.67. The number of hydrogen-bond acceptors (Lipinski definition) is 5. The van der Waals surface area contributed by atoms with Gasteiger partial charge in [-0.2, -0.15) is 5.10 Å². The Morgan fingerprint density at radius 1 is 1.36 bits per heavy atom. The molecule has 138 valence electrons. The molecule has 0 radical (unpaired) electrons. The molecule has 8 heteroatoms. The molecule has 1 atom stereocenters. The molecule has 2 amide bonds. The van der Waals surface area contributed by atoms with E-state index in [0.717, 1.165) is 25.1 Å². The maximum Gasteiger partial charge on any atom is 0.317 e. The van der Waals surface area contributed by atoms with Gasteiger partial charge >= 0.3 is 12.0 Å². The van der Waals surface area contributed by atoms with Crippen LogP contribution < -0.4 is 5.32 Å². The second-order valence-corrected chi connectivity index (χ2v) is 8.05. The number of amides is 2. The van der Waals surface area contributed by atoms with E-state index < -0.39 is 0 Å². The molecule has 0 bridgehead atoms. The van der Waals surface area contributed by atoms with Gasteiger partial charge in [-0.05, 0) is 45.4 Å². The minimum absolute atomic E-state index is 0.0213. The zero-order valence-electron chi connectivity index (χ0n) is 15.4. The molecule has 1 saturated carbocycles. The summed E-state index contributed by atoms with van der Waals surface area (Å²) in [5.41, 5.74) is -0.112. The van der Waals surface area contributed by atoms with Crippen molar-refractivity contribution in [2.45, 2.75) is 52.1 Å². The number of carbonyl (C=O) groups is 2. The fraction of sp³-hybridized carbons (Fsp3) is 0.765. The third-order valence-corrected chi connectivity index (χ3v) is 5.37. The molecule has 2 fully saturated rings. The van der Waals surface area contributed by atoms with E-state index in [1.165, 1.54) is 13.4 Å². The number of nitrogens with one attached hydrogen (secondary N) is 1. The first-order chi connectivity index (χ1) is 11.8. The molecule has 1 aliphatic heterocycles. The van der Waals surface area contributed by atoms with Crippen LogP contribution in [0.15, 0.2) is 6.33 Å². The summed E-state index contributed by atoms with van der Waals surface area (Å²) in [6.45, 7) is 7.83. The average Bonchev–Trinajstić information content (AvgIpc) is 3.05. The van der Waals surface area contributed by atoms with Crippen LogP contribution in [0.5, 0.6) is 0 Å². The van der Waals surface area contributed by atoms with Crippen molar-refractivity contribution in [2.24, 2.45) is 11.3 Å². The monoisotopic (exact) mass is 349 g/mol. The van der Waals surface area contributed by atoms with E-state index in [1.54, 1.807) is 0 Å². The first-order valence-electron chi connectivity index (χ1n) is 8.77. The Morgan fingerprint density at radius 3 is 2.64 bits per heavy atom. The highest BCUT2D eigenvalue weighted by Gasteiger charge is 2.59. The Labute approximate surface area is 147 Å². The maximum atomic E-state index is 12.4. The standard InChI is InChI=1S/C17H27N5O3/c1-16(2,3)22-13(19-11-20-22)10-18-15(24)21-7-5-17(6-8-21)9-12(17)14(23)25-4/h11-12H,5-10H2,1-4H3,(H,18,24)/t12-/m1/s1. The summed E-state index contributed by atoms with van der Waals surface area (Å²) >= 11 is 0. The van der Waals surface area contributed by atoms with Crippen LogP contribution in [0.4, 0.5) is 4.79 Å². The third kappa shape index (κ3) is 3.48. The summed E-state index contributed by atoms with van der Waals surface area (Å²) in [4.78, 5) is 30.2. The molecule has 8 nitrogen and oxygen atoms in total. The number of hydrogen-bond donors (Lipinski definition) is 1. The molecule has 2 aliphatic rings. The number of ether oxygens (including phenoxy) is 1. The lowest BCUT2D eigenvalue weighted by molar-refractivity contribution is -0.143. The molecule has 1 aliphatic carbocycles. The van der Waals surface area contributed by atoms with Gasteiger partial charge in [0, 0.05) is 13.1 Å². The van der Waals surface area contributed by atoms with Crippen LogP contribution in [0.1, 0.15) is 45.9 Å². The molecule has 1 spiro atoms. The third-order valence-electron chi connectivity index (χ3n) is 5.37. The van der Waals surface area contributed by atoms with E-state index in [1.807, 2.05) is 30.4 Å². The molecule has 1 aromatic rings. The Morgan fingerprint density at radius 2 is 2.04 bits per heavy atom. The molecule has 0 aromatic carbocycles. The second-order valence-electron chi connectivity index (χ2n) is 8.05. The van der Waals surface area contributed by atoms with Crippen LogP contribution in [0, 0.1) is 11.3 Å². The summed E-state index contributed by atoms with van der Waals surface area (Å²) in [5.74, 6) is 0.648. The zero-order chi connectivity index (χ0) is 18.2. The number of urea groups is 1. The number of aromatic nitrogens is 3. The van der Waals surface area contributed by atoms with Crippen molar-refractivity contribution < 1.29 is 14.3 Å². The molecule has 25 heavy (non-hydrogen) atoms. The molecule has 1 N–H and O–H groups in total. The van der Waals surface area contributed by atoms with Crippen LogP contribution in [-0.2, 0) is 21.6 Å². The van der Waals surface area contributed by atoms with Gasteiger partial charge < -0.3 is 15.0 Å². The quantitative estimate of drug-likeness (QED) is 0.836. The van der Waals surface area contributed by atoms with Crippen molar-refractivity contribution in [3.63, 3.8) is 0 Å². The number of carbonyl (C=O) groups excluding carboxylic acids is 2. The van der Waals surface area contributed by atoms with Gasteiger partial charge in [0.2, 0.25) is 0 Å². The number of nitrogens with zero attached hydrogens (tertiary/aromatic N) is 4. The molecule has 1 aromatic heterocycles. The second kappa shape index (κ2) is 6.31. The van der Waals surface area contributed by atoms with Gasteiger partial charge in [0.15, 0.2) is 0 Å². The molecular formula is C17H27N5O3. The normalized spacial score (nSPS) is 21.9. The Bertz CT molecular complexity index is 655. The number of likely N-dealkylation sites (tertiary alicyclic amines) is 1. The van der Waals surface area contributed by atoms with Crippen LogP contribution >= 0.6 is 0 Å². The number of piperidine rings is 1. The van der Waals surface area contributed by atoms with Crippen LogP contribution in [0.25, 0.3) is 0 Å². The van der Waals surface area contributed by atoms with Crippen LogP contribution in [-0.4, -0.2) is 51.9 Å². The molecular weight excluding hydrogens is 322 g/mol. The van der Waals surface area contributed by atoms with Gasteiger partial charge in [0.05, 0.1) is 25.1 Å². The molecule has 0 unspecified atom stereocenters. The predicted molar refractivity (Wildman–Crippen MR) is 90.6 cm³/mol. The minimum atomic E-state index is -0.178. The Hall–Kier alpha value is -2.12. The van der Waals surface area contributed by atoms with E-state index in [-0.39, 0.29) is 28.9 Å².